The van der Waals surface area contributed by atoms with Gasteiger partial charge in [-0.3, -0.25) is 4.79 Å². The summed E-state index contributed by atoms with van der Waals surface area (Å²) in [5.41, 5.74) is -0.796. The van der Waals surface area contributed by atoms with Crippen LogP contribution in [0.25, 0.3) is 0 Å². The standard InChI is InChI=1S/C12H26N2O2/c1-5-9-14(7-3)10-8-12(4,11(15)16)13-6-2/h13H,5-10H2,1-4H3,(H,15,16). The summed E-state index contributed by atoms with van der Waals surface area (Å²) in [6.07, 6.45) is 1.75. The van der Waals surface area contributed by atoms with Crippen LogP contribution < -0.4 is 5.32 Å². The molecule has 0 fully saturated rings. The fourth-order valence-corrected chi connectivity index (χ4v) is 1.79. The first kappa shape index (κ1) is 15.4. The number of carboxylic acids is 1. The highest BCUT2D eigenvalue weighted by molar-refractivity contribution is 5.78. The molecular weight excluding hydrogens is 204 g/mol. The van der Waals surface area contributed by atoms with Crippen molar-refractivity contribution in [3.63, 3.8) is 0 Å². The zero-order chi connectivity index (χ0) is 12.6. The fraction of sp³-hybridized carbons (Fsp3) is 0.917. The molecular formula is C12H26N2O2. The van der Waals surface area contributed by atoms with E-state index in [-0.39, 0.29) is 0 Å². The number of hydrogen-bond acceptors (Lipinski definition) is 3. The highest BCUT2D eigenvalue weighted by Gasteiger charge is 2.31. The highest BCUT2D eigenvalue weighted by Crippen LogP contribution is 2.11. The average molecular weight is 230 g/mol. The third-order valence-corrected chi connectivity index (χ3v) is 2.95. The van der Waals surface area contributed by atoms with E-state index in [4.69, 9.17) is 0 Å². The summed E-state index contributed by atoms with van der Waals surface area (Å²) in [4.78, 5) is 13.5. The Morgan fingerprint density at radius 1 is 1.31 bits per heavy atom. The van der Waals surface area contributed by atoms with Gasteiger partial charge in [-0.15, -0.1) is 0 Å². The van der Waals surface area contributed by atoms with Crippen LogP contribution in [0.15, 0.2) is 0 Å². The van der Waals surface area contributed by atoms with E-state index in [9.17, 15) is 9.90 Å². The van der Waals surface area contributed by atoms with E-state index >= 15 is 0 Å². The summed E-state index contributed by atoms with van der Waals surface area (Å²) >= 11 is 0. The Morgan fingerprint density at radius 2 is 1.94 bits per heavy atom. The number of aliphatic carboxylic acids is 1. The van der Waals surface area contributed by atoms with Crippen LogP contribution >= 0.6 is 0 Å². The third kappa shape index (κ3) is 4.94. The molecule has 0 bridgehead atoms. The van der Waals surface area contributed by atoms with Crippen molar-refractivity contribution < 1.29 is 9.90 Å². The van der Waals surface area contributed by atoms with E-state index < -0.39 is 11.5 Å². The maximum absolute atomic E-state index is 11.2. The predicted octanol–water partition coefficient (Wildman–Crippen LogP) is 1.56. The van der Waals surface area contributed by atoms with Gasteiger partial charge in [0.05, 0.1) is 0 Å². The molecule has 0 aromatic rings. The van der Waals surface area contributed by atoms with Crippen molar-refractivity contribution in [3.05, 3.63) is 0 Å². The summed E-state index contributed by atoms with van der Waals surface area (Å²) in [5, 5.41) is 12.3. The lowest BCUT2D eigenvalue weighted by Crippen LogP contribution is -2.51. The first-order valence-corrected chi connectivity index (χ1v) is 6.20. The van der Waals surface area contributed by atoms with Gasteiger partial charge in [-0.05, 0) is 39.4 Å². The molecule has 0 amide bonds. The second kappa shape index (κ2) is 7.63. The molecule has 0 heterocycles. The van der Waals surface area contributed by atoms with Crippen molar-refractivity contribution >= 4 is 5.97 Å². The summed E-state index contributed by atoms with van der Waals surface area (Å²) < 4.78 is 0. The van der Waals surface area contributed by atoms with E-state index in [1.54, 1.807) is 6.92 Å². The Hall–Kier alpha value is -0.610. The minimum absolute atomic E-state index is 0.643. The van der Waals surface area contributed by atoms with E-state index in [1.165, 1.54) is 0 Å². The number of carboxylic acid groups (broad SMARTS) is 1. The maximum Gasteiger partial charge on any atom is 0.323 e. The molecule has 0 saturated carbocycles. The lowest BCUT2D eigenvalue weighted by Gasteiger charge is -2.29. The lowest BCUT2D eigenvalue weighted by molar-refractivity contribution is -0.144. The number of nitrogens with zero attached hydrogens (tertiary/aromatic N) is 1. The van der Waals surface area contributed by atoms with Gasteiger partial charge in [-0.2, -0.15) is 0 Å². The number of likely N-dealkylation sites (N-methyl/N-ethyl adjacent to an activating group) is 1. The predicted molar refractivity (Wildman–Crippen MR) is 66.7 cm³/mol. The van der Waals surface area contributed by atoms with Gasteiger partial charge in [-0.1, -0.05) is 20.8 Å². The van der Waals surface area contributed by atoms with Crippen LogP contribution in [0.2, 0.25) is 0 Å². The van der Waals surface area contributed by atoms with E-state index in [0.29, 0.717) is 13.0 Å². The molecule has 0 radical (unpaired) electrons. The molecule has 4 heteroatoms. The van der Waals surface area contributed by atoms with Crippen LogP contribution in [0.4, 0.5) is 0 Å². The number of hydrogen-bond donors (Lipinski definition) is 2. The Kier molecular flexibility index (Phi) is 7.34. The third-order valence-electron chi connectivity index (χ3n) is 2.95. The fourth-order valence-electron chi connectivity index (χ4n) is 1.79. The van der Waals surface area contributed by atoms with E-state index in [1.807, 2.05) is 6.92 Å². The van der Waals surface area contributed by atoms with Crippen LogP contribution in [-0.4, -0.2) is 47.7 Å². The second-order valence-corrected chi connectivity index (χ2v) is 4.35. The Labute approximate surface area is 99.0 Å². The molecule has 0 aliphatic carbocycles. The highest BCUT2D eigenvalue weighted by atomic mass is 16.4. The van der Waals surface area contributed by atoms with Gasteiger partial charge in [0.25, 0.3) is 0 Å². The molecule has 16 heavy (non-hydrogen) atoms. The Balaban J connectivity index is 4.24. The van der Waals surface area contributed by atoms with Gasteiger partial charge >= 0.3 is 5.97 Å². The molecule has 1 unspecified atom stereocenters. The molecule has 2 N–H and O–H groups in total. The molecule has 4 nitrogen and oxygen atoms in total. The number of rotatable bonds is 9. The molecule has 1 atom stereocenters. The monoisotopic (exact) mass is 230 g/mol. The van der Waals surface area contributed by atoms with Crippen LogP contribution in [0, 0.1) is 0 Å². The van der Waals surface area contributed by atoms with Crippen molar-refractivity contribution in [1.29, 1.82) is 0 Å². The SMILES string of the molecule is CCCN(CC)CCC(C)(NCC)C(=O)O. The average Bonchev–Trinajstić information content (AvgIpc) is 2.24. The van der Waals surface area contributed by atoms with Gasteiger partial charge in [0.15, 0.2) is 0 Å². The van der Waals surface area contributed by atoms with Crippen LogP contribution in [0.1, 0.15) is 40.5 Å². The van der Waals surface area contributed by atoms with Crippen molar-refractivity contribution in [2.75, 3.05) is 26.2 Å². The molecule has 0 aromatic heterocycles. The van der Waals surface area contributed by atoms with Gasteiger partial charge in [0.1, 0.15) is 5.54 Å². The van der Waals surface area contributed by atoms with Crippen LogP contribution in [0.5, 0.6) is 0 Å². The van der Waals surface area contributed by atoms with Gasteiger partial charge in [-0.25, -0.2) is 0 Å². The molecule has 0 spiro atoms. The first-order valence-electron chi connectivity index (χ1n) is 6.20. The topological polar surface area (TPSA) is 52.6 Å². The van der Waals surface area contributed by atoms with Crippen molar-refractivity contribution in [3.8, 4) is 0 Å². The molecule has 96 valence electrons. The summed E-state index contributed by atoms with van der Waals surface area (Å²) in [5.74, 6) is -0.762. The molecule has 0 rings (SSSR count). The number of carbonyl (C=O) groups is 1. The normalized spacial score (nSPS) is 15.1. The smallest absolute Gasteiger partial charge is 0.323 e. The quantitative estimate of drug-likeness (QED) is 0.631. The molecule has 0 saturated heterocycles. The summed E-state index contributed by atoms with van der Waals surface area (Å²) in [7, 11) is 0. The van der Waals surface area contributed by atoms with Gasteiger partial charge in [0, 0.05) is 6.54 Å². The Morgan fingerprint density at radius 3 is 2.31 bits per heavy atom. The summed E-state index contributed by atoms with van der Waals surface area (Å²) in [6, 6.07) is 0. The minimum atomic E-state index is -0.796. The first-order chi connectivity index (χ1) is 7.50. The number of nitrogens with one attached hydrogen (secondary N) is 1. The van der Waals surface area contributed by atoms with Gasteiger partial charge < -0.3 is 15.3 Å². The van der Waals surface area contributed by atoms with Gasteiger partial charge in [0.2, 0.25) is 0 Å². The van der Waals surface area contributed by atoms with E-state index in [2.05, 4.69) is 24.1 Å². The molecule has 0 aromatic carbocycles. The summed E-state index contributed by atoms with van der Waals surface area (Å²) in [6.45, 7) is 11.5. The lowest BCUT2D eigenvalue weighted by atomic mass is 9.97. The second-order valence-electron chi connectivity index (χ2n) is 4.35. The minimum Gasteiger partial charge on any atom is -0.480 e. The van der Waals surface area contributed by atoms with Crippen LogP contribution in [0.3, 0.4) is 0 Å². The Bertz CT molecular complexity index is 209. The molecule has 0 aliphatic heterocycles. The molecule has 0 aliphatic rings. The van der Waals surface area contributed by atoms with Crippen molar-refractivity contribution in [1.82, 2.24) is 10.2 Å². The van der Waals surface area contributed by atoms with Crippen LogP contribution in [-0.2, 0) is 4.79 Å². The van der Waals surface area contributed by atoms with Crippen molar-refractivity contribution in [2.24, 2.45) is 0 Å². The maximum atomic E-state index is 11.2. The zero-order valence-electron chi connectivity index (χ0n) is 11.0. The largest absolute Gasteiger partial charge is 0.480 e. The zero-order valence-corrected chi connectivity index (χ0v) is 11.0. The van der Waals surface area contributed by atoms with Crippen molar-refractivity contribution in [2.45, 2.75) is 46.1 Å². The van der Waals surface area contributed by atoms with E-state index in [0.717, 1.165) is 26.1 Å².